The molecule has 0 atom stereocenters. The van der Waals surface area contributed by atoms with Crippen molar-refractivity contribution in [2.45, 2.75) is 13.8 Å². The quantitative estimate of drug-likeness (QED) is 0.575. The van der Waals surface area contributed by atoms with Gasteiger partial charge in [0.05, 0.1) is 11.9 Å². The molecule has 0 saturated heterocycles. The number of anilines is 1. The fourth-order valence-corrected chi connectivity index (χ4v) is 3.24. The summed E-state index contributed by atoms with van der Waals surface area (Å²) in [4.78, 5) is 17.1. The van der Waals surface area contributed by atoms with Crippen molar-refractivity contribution in [2.24, 2.45) is 0 Å². The molecule has 3 aromatic heterocycles. The van der Waals surface area contributed by atoms with Crippen LogP contribution in [0.3, 0.4) is 0 Å². The summed E-state index contributed by atoms with van der Waals surface area (Å²) in [5.41, 5.74) is 4.65. The number of aryl methyl sites for hydroxylation is 2. The molecule has 0 aliphatic carbocycles. The average Bonchev–Trinajstić information content (AvgIpc) is 3.35. The zero-order chi connectivity index (χ0) is 18.8. The summed E-state index contributed by atoms with van der Waals surface area (Å²) in [5.74, 6) is 0.925. The molecule has 1 amide bonds. The normalized spacial score (nSPS) is 10.7. The Kier molecular flexibility index (Phi) is 4.47. The molecule has 8 heteroatoms. The third-order valence-corrected chi connectivity index (χ3v) is 4.96. The van der Waals surface area contributed by atoms with Gasteiger partial charge < -0.3 is 9.84 Å². The maximum absolute atomic E-state index is 12.2. The zero-order valence-electron chi connectivity index (χ0n) is 14.6. The van der Waals surface area contributed by atoms with E-state index >= 15 is 0 Å². The third kappa shape index (κ3) is 3.47. The number of nitrogens with one attached hydrogen (secondary N) is 1. The molecule has 0 bridgehead atoms. The van der Waals surface area contributed by atoms with Crippen molar-refractivity contribution in [1.29, 1.82) is 0 Å². The fraction of sp³-hybridized carbons (Fsp3) is 0.105. The van der Waals surface area contributed by atoms with E-state index in [1.165, 1.54) is 0 Å². The van der Waals surface area contributed by atoms with Crippen LogP contribution in [-0.4, -0.2) is 25.6 Å². The first-order valence-corrected chi connectivity index (χ1v) is 8.97. The maximum Gasteiger partial charge on any atom is 0.270 e. The lowest BCUT2D eigenvalue weighted by Gasteiger charge is -2.09. The summed E-state index contributed by atoms with van der Waals surface area (Å²) in [7, 11) is 0. The van der Waals surface area contributed by atoms with Crippen LogP contribution in [0.25, 0.3) is 22.5 Å². The van der Waals surface area contributed by atoms with Gasteiger partial charge in [-0.15, -0.1) is 5.10 Å². The molecule has 1 N–H and O–H groups in total. The molecule has 0 aliphatic heterocycles. The van der Waals surface area contributed by atoms with Crippen LogP contribution in [0.2, 0.25) is 0 Å². The van der Waals surface area contributed by atoms with Crippen molar-refractivity contribution < 1.29 is 9.32 Å². The van der Waals surface area contributed by atoms with E-state index in [9.17, 15) is 4.79 Å². The molecule has 0 unspecified atom stereocenters. The smallest absolute Gasteiger partial charge is 0.270 e. The molecule has 0 aliphatic rings. The summed E-state index contributed by atoms with van der Waals surface area (Å²) in [5, 5.41) is 10.4. The molecule has 4 rings (SSSR count). The Morgan fingerprint density at radius 3 is 2.63 bits per heavy atom. The van der Waals surface area contributed by atoms with E-state index in [2.05, 4.69) is 25.0 Å². The van der Waals surface area contributed by atoms with Gasteiger partial charge in [0.15, 0.2) is 5.76 Å². The first-order valence-electron chi connectivity index (χ1n) is 8.20. The number of benzene rings is 1. The Bertz CT molecular complexity index is 1090. The molecule has 27 heavy (non-hydrogen) atoms. The largest absolute Gasteiger partial charge is 0.356 e. The highest BCUT2D eigenvalue weighted by molar-refractivity contribution is 7.08. The van der Waals surface area contributed by atoms with Crippen molar-refractivity contribution in [3.63, 3.8) is 0 Å². The van der Waals surface area contributed by atoms with E-state index in [0.717, 1.165) is 33.8 Å². The van der Waals surface area contributed by atoms with Crippen molar-refractivity contribution >= 4 is 23.3 Å². The SMILES string of the molecule is Cc1ccc(-c2ccno2)cc1-c1ccc(NC(=O)c2snnc2C)nc1. The number of pyridine rings is 1. The van der Waals surface area contributed by atoms with Crippen LogP contribution in [0, 0.1) is 13.8 Å². The minimum atomic E-state index is -0.258. The fourth-order valence-electron chi connectivity index (χ4n) is 2.69. The summed E-state index contributed by atoms with van der Waals surface area (Å²) in [6, 6.07) is 11.6. The van der Waals surface area contributed by atoms with Gasteiger partial charge in [-0.25, -0.2) is 4.98 Å². The van der Waals surface area contributed by atoms with Crippen molar-refractivity contribution in [3.8, 4) is 22.5 Å². The molecule has 1 aromatic carbocycles. The van der Waals surface area contributed by atoms with E-state index < -0.39 is 0 Å². The Morgan fingerprint density at radius 2 is 1.96 bits per heavy atom. The Morgan fingerprint density at radius 1 is 1.11 bits per heavy atom. The summed E-state index contributed by atoms with van der Waals surface area (Å²) in [6.45, 7) is 3.79. The highest BCUT2D eigenvalue weighted by Crippen LogP contribution is 2.29. The Balaban J connectivity index is 1.58. The molecular formula is C19H15N5O2S. The van der Waals surface area contributed by atoms with Crippen LogP contribution in [0.5, 0.6) is 0 Å². The number of aromatic nitrogens is 4. The van der Waals surface area contributed by atoms with Crippen LogP contribution in [0.4, 0.5) is 5.82 Å². The average molecular weight is 377 g/mol. The highest BCUT2D eigenvalue weighted by atomic mass is 32.1. The van der Waals surface area contributed by atoms with E-state index in [-0.39, 0.29) is 5.91 Å². The molecule has 134 valence electrons. The highest BCUT2D eigenvalue weighted by Gasteiger charge is 2.14. The van der Waals surface area contributed by atoms with Crippen LogP contribution in [0.1, 0.15) is 20.9 Å². The summed E-state index contributed by atoms with van der Waals surface area (Å²) < 4.78 is 9.01. The van der Waals surface area contributed by atoms with Crippen molar-refractivity contribution in [3.05, 3.63) is 64.9 Å². The minimum Gasteiger partial charge on any atom is -0.356 e. The second-order valence-corrected chi connectivity index (χ2v) is 6.73. The van der Waals surface area contributed by atoms with Gasteiger partial charge in [0, 0.05) is 23.4 Å². The monoisotopic (exact) mass is 377 g/mol. The van der Waals surface area contributed by atoms with Crippen LogP contribution >= 0.6 is 11.5 Å². The van der Waals surface area contributed by atoms with Crippen molar-refractivity contribution in [2.75, 3.05) is 5.32 Å². The first kappa shape index (κ1) is 17.0. The molecule has 4 aromatic rings. The van der Waals surface area contributed by atoms with Gasteiger partial charge in [0.1, 0.15) is 10.7 Å². The topological polar surface area (TPSA) is 93.8 Å². The molecule has 3 heterocycles. The Hall–Kier alpha value is -3.39. The second-order valence-electron chi connectivity index (χ2n) is 5.98. The van der Waals surface area contributed by atoms with E-state index in [0.29, 0.717) is 22.1 Å². The summed E-state index contributed by atoms with van der Waals surface area (Å²) in [6.07, 6.45) is 3.36. The van der Waals surface area contributed by atoms with E-state index in [4.69, 9.17) is 4.52 Å². The lowest BCUT2D eigenvalue weighted by atomic mass is 9.98. The standard InChI is InChI=1S/C19H15N5O2S/c1-11-3-4-13(16-7-8-21-26-16)9-15(11)14-5-6-17(20-10-14)22-19(25)18-12(2)23-24-27-18/h3-10H,1-2H3,(H,20,22,25). The minimum absolute atomic E-state index is 0.258. The molecule has 0 radical (unpaired) electrons. The number of carbonyl (C=O) groups excluding carboxylic acids is 1. The third-order valence-electron chi connectivity index (χ3n) is 4.13. The first-order chi connectivity index (χ1) is 13.1. The van der Waals surface area contributed by atoms with Gasteiger partial charge >= 0.3 is 0 Å². The molecule has 0 saturated carbocycles. The van der Waals surface area contributed by atoms with Gasteiger partial charge in [-0.1, -0.05) is 21.8 Å². The van der Waals surface area contributed by atoms with Crippen LogP contribution < -0.4 is 5.32 Å². The van der Waals surface area contributed by atoms with Crippen molar-refractivity contribution in [1.82, 2.24) is 19.7 Å². The van der Waals surface area contributed by atoms with Crippen LogP contribution in [-0.2, 0) is 0 Å². The summed E-state index contributed by atoms with van der Waals surface area (Å²) >= 11 is 1.06. The van der Waals surface area contributed by atoms with E-state index in [1.54, 1.807) is 25.4 Å². The number of carbonyl (C=O) groups is 1. The van der Waals surface area contributed by atoms with Gasteiger partial charge in [0.25, 0.3) is 5.91 Å². The number of hydrogen-bond acceptors (Lipinski definition) is 7. The number of rotatable bonds is 4. The van der Waals surface area contributed by atoms with Gasteiger partial charge in [-0.05, 0) is 54.7 Å². The van der Waals surface area contributed by atoms with E-state index in [1.807, 2.05) is 37.3 Å². The molecular weight excluding hydrogens is 362 g/mol. The lowest BCUT2D eigenvalue weighted by molar-refractivity contribution is 0.102. The van der Waals surface area contributed by atoms with Crippen LogP contribution in [0.15, 0.2) is 53.3 Å². The molecule has 0 fully saturated rings. The molecule has 0 spiro atoms. The van der Waals surface area contributed by atoms with Gasteiger partial charge in [-0.3, -0.25) is 4.79 Å². The Labute approximate surface area is 159 Å². The number of nitrogens with zero attached hydrogens (tertiary/aromatic N) is 4. The second kappa shape index (κ2) is 7.08. The number of amides is 1. The van der Waals surface area contributed by atoms with Gasteiger partial charge in [0.2, 0.25) is 0 Å². The predicted molar refractivity (Wildman–Crippen MR) is 103 cm³/mol. The predicted octanol–water partition coefficient (Wildman–Crippen LogP) is 4.12. The maximum atomic E-state index is 12.2. The zero-order valence-corrected chi connectivity index (χ0v) is 15.4. The van der Waals surface area contributed by atoms with Gasteiger partial charge in [-0.2, -0.15) is 0 Å². The lowest BCUT2D eigenvalue weighted by Crippen LogP contribution is -2.12. The number of hydrogen-bond donors (Lipinski definition) is 1. The molecule has 7 nitrogen and oxygen atoms in total.